The average molecular weight is 241 g/mol. The van der Waals surface area contributed by atoms with E-state index >= 15 is 0 Å². The van der Waals surface area contributed by atoms with Gasteiger partial charge in [0.15, 0.2) is 0 Å². The maximum absolute atomic E-state index is 5.84. The highest BCUT2D eigenvalue weighted by Crippen LogP contribution is 2.26. The molecule has 0 aliphatic carbocycles. The second kappa shape index (κ2) is 4.20. The summed E-state index contributed by atoms with van der Waals surface area (Å²) in [6, 6.07) is 1.74. The third-order valence-corrected chi connectivity index (χ3v) is 2.75. The second-order valence-corrected chi connectivity index (χ2v) is 4.51. The Morgan fingerprint density at radius 2 is 2.20 bits per heavy atom. The number of hydrogen-bond acceptors (Lipinski definition) is 4. The Morgan fingerprint density at radius 3 is 2.80 bits per heavy atom. The second-order valence-electron chi connectivity index (χ2n) is 3.03. The first-order chi connectivity index (χ1) is 7.13. The summed E-state index contributed by atoms with van der Waals surface area (Å²) >= 11 is 7.35. The first-order valence-electron chi connectivity index (χ1n) is 4.31. The molecule has 0 saturated carbocycles. The molecule has 2 aromatic heterocycles. The lowest BCUT2D eigenvalue weighted by Gasteiger charge is -1.99. The van der Waals surface area contributed by atoms with Crippen molar-refractivity contribution in [3.8, 4) is 0 Å². The highest BCUT2D eigenvalue weighted by atomic mass is 35.5. The molecular formula is C9H9ClN4S. The van der Waals surface area contributed by atoms with E-state index in [4.69, 9.17) is 11.6 Å². The van der Waals surface area contributed by atoms with Crippen molar-refractivity contribution in [3.05, 3.63) is 29.4 Å². The number of aryl methyl sites for hydroxylation is 2. The molecule has 0 bridgehead atoms. The number of halogens is 1. The summed E-state index contributed by atoms with van der Waals surface area (Å²) in [6.45, 7) is 1.82. The predicted octanol–water partition coefficient (Wildman–Crippen LogP) is 2.32. The van der Waals surface area contributed by atoms with E-state index in [1.54, 1.807) is 16.9 Å². The van der Waals surface area contributed by atoms with Crippen LogP contribution >= 0.6 is 23.4 Å². The Hall–Kier alpha value is -1.07. The molecule has 0 saturated heterocycles. The van der Waals surface area contributed by atoms with E-state index in [0.717, 1.165) is 9.92 Å². The Labute approximate surface area is 96.7 Å². The van der Waals surface area contributed by atoms with Crippen LogP contribution in [0.2, 0.25) is 5.15 Å². The lowest BCUT2D eigenvalue weighted by molar-refractivity contribution is 0.766. The fraction of sp³-hybridized carbons (Fsp3) is 0.222. The summed E-state index contributed by atoms with van der Waals surface area (Å²) in [5.74, 6) is 0.675. The molecule has 4 nitrogen and oxygen atoms in total. The molecule has 0 aliphatic heterocycles. The molecule has 2 rings (SSSR count). The maximum atomic E-state index is 5.84. The van der Waals surface area contributed by atoms with Gasteiger partial charge in [-0.1, -0.05) is 23.4 Å². The van der Waals surface area contributed by atoms with Crippen molar-refractivity contribution in [1.82, 2.24) is 19.7 Å². The quantitative estimate of drug-likeness (QED) is 0.756. The van der Waals surface area contributed by atoms with Gasteiger partial charge in [0, 0.05) is 19.3 Å². The van der Waals surface area contributed by atoms with E-state index in [0.29, 0.717) is 11.0 Å². The molecule has 0 N–H and O–H groups in total. The van der Waals surface area contributed by atoms with Gasteiger partial charge in [-0.3, -0.25) is 4.68 Å². The third-order valence-electron chi connectivity index (χ3n) is 1.69. The van der Waals surface area contributed by atoms with Gasteiger partial charge in [0.05, 0.1) is 11.1 Å². The number of nitrogens with zero attached hydrogens (tertiary/aromatic N) is 4. The normalized spacial score (nSPS) is 10.6. The van der Waals surface area contributed by atoms with Crippen LogP contribution in [-0.4, -0.2) is 19.7 Å². The van der Waals surface area contributed by atoms with Crippen LogP contribution in [0.3, 0.4) is 0 Å². The molecule has 2 heterocycles. The fourth-order valence-corrected chi connectivity index (χ4v) is 2.32. The average Bonchev–Trinajstić information content (AvgIpc) is 2.49. The van der Waals surface area contributed by atoms with Crippen LogP contribution in [0, 0.1) is 6.92 Å². The number of hydrogen-bond donors (Lipinski definition) is 0. The van der Waals surface area contributed by atoms with Gasteiger partial charge in [0.25, 0.3) is 0 Å². The van der Waals surface area contributed by atoms with Crippen molar-refractivity contribution in [2.75, 3.05) is 0 Å². The predicted molar refractivity (Wildman–Crippen MR) is 59.1 cm³/mol. The van der Waals surface area contributed by atoms with E-state index < -0.39 is 0 Å². The van der Waals surface area contributed by atoms with Crippen molar-refractivity contribution >= 4 is 23.4 Å². The zero-order chi connectivity index (χ0) is 10.8. The van der Waals surface area contributed by atoms with Crippen LogP contribution in [0.15, 0.2) is 28.4 Å². The van der Waals surface area contributed by atoms with E-state index in [2.05, 4.69) is 15.1 Å². The van der Waals surface area contributed by atoms with Crippen molar-refractivity contribution in [3.63, 3.8) is 0 Å². The molecule has 0 unspecified atom stereocenters. The van der Waals surface area contributed by atoms with Crippen molar-refractivity contribution in [2.24, 2.45) is 7.05 Å². The molecule has 6 heteroatoms. The summed E-state index contributed by atoms with van der Waals surface area (Å²) in [5, 5.41) is 5.38. The monoisotopic (exact) mass is 240 g/mol. The van der Waals surface area contributed by atoms with Crippen LogP contribution in [0.1, 0.15) is 5.82 Å². The van der Waals surface area contributed by atoms with Gasteiger partial charge in [-0.05, 0) is 6.92 Å². The Kier molecular flexibility index (Phi) is 2.93. The molecule has 0 aliphatic rings. The fourth-order valence-electron chi connectivity index (χ4n) is 1.13. The highest BCUT2D eigenvalue weighted by molar-refractivity contribution is 7.99. The van der Waals surface area contributed by atoms with Gasteiger partial charge in [0.2, 0.25) is 0 Å². The van der Waals surface area contributed by atoms with E-state index in [1.807, 2.05) is 20.2 Å². The van der Waals surface area contributed by atoms with Crippen molar-refractivity contribution in [2.45, 2.75) is 16.8 Å². The van der Waals surface area contributed by atoms with Gasteiger partial charge < -0.3 is 0 Å². The van der Waals surface area contributed by atoms with Crippen LogP contribution in [0.4, 0.5) is 0 Å². The minimum atomic E-state index is 0.467. The Bertz CT molecular complexity index is 462. The molecule has 0 atom stereocenters. The summed E-state index contributed by atoms with van der Waals surface area (Å²) in [5.41, 5.74) is 0. The molecule has 78 valence electrons. The number of rotatable bonds is 2. The van der Waals surface area contributed by atoms with Gasteiger partial charge in [0.1, 0.15) is 16.0 Å². The van der Waals surface area contributed by atoms with E-state index in [9.17, 15) is 0 Å². The zero-order valence-corrected chi connectivity index (χ0v) is 9.88. The van der Waals surface area contributed by atoms with E-state index in [-0.39, 0.29) is 0 Å². The maximum Gasteiger partial charge on any atom is 0.133 e. The zero-order valence-electron chi connectivity index (χ0n) is 8.31. The largest absolute Gasteiger partial charge is 0.275 e. The Balaban J connectivity index is 2.24. The standard InChI is InChI=1S/C9H9ClN4S/c1-6-12-8(10)3-9(13-6)15-7-4-11-14(2)5-7/h3-5H,1-2H3. The van der Waals surface area contributed by atoms with Gasteiger partial charge in [-0.15, -0.1) is 0 Å². The summed E-state index contributed by atoms with van der Waals surface area (Å²) in [6.07, 6.45) is 3.71. The highest BCUT2D eigenvalue weighted by Gasteiger charge is 2.03. The SMILES string of the molecule is Cc1nc(Cl)cc(Sc2cnn(C)c2)n1. The minimum Gasteiger partial charge on any atom is -0.275 e. The van der Waals surface area contributed by atoms with Crippen molar-refractivity contribution < 1.29 is 0 Å². The summed E-state index contributed by atoms with van der Waals surface area (Å²) in [4.78, 5) is 9.30. The van der Waals surface area contributed by atoms with Crippen LogP contribution in [0.5, 0.6) is 0 Å². The third kappa shape index (κ3) is 2.70. The molecule has 2 aromatic rings. The molecule has 15 heavy (non-hydrogen) atoms. The van der Waals surface area contributed by atoms with Crippen LogP contribution < -0.4 is 0 Å². The first kappa shape index (κ1) is 10.4. The minimum absolute atomic E-state index is 0.467. The van der Waals surface area contributed by atoms with Gasteiger partial charge in [-0.2, -0.15) is 5.10 Å². The molecular weight excluding hydrogens is 232 g/mol. The molecule has 0 fully saturated rings. The van der Waals surface area contributed by atoms with Crippen LogP contribution in [0.25, 0.3) is 0 Å². The summed E-state index contributed by atoms with van der Waals surface area (Å²) in [7, 11) is 1.88. The Morgan fingerprint density at radius 1 is 1.40 bits per heavy atom. The van der Waals surface area contributed by atoms with E-state index in [1.165, 1.54) is 11.8 Å². The van der Waals surface area contributed by atoms with Gasteiger partial charge in [-0.25, -0.2) is 9.97 Å². The molecule has 0 spiro atoms. The summed E-state index contributed by atoms with van der Waals surface area (Å²) < 4.78 is 1.75. The van der Waals surface area contributed by atoms with Crippen LogP contribution in [-0.2, 0) is 7.05 Å². The first-order valence-corrected chi connectivity index (χ1v) is 5.50. The molecule has 0 aromatic carbocycles. The number of aromatic nitrogens is 4. The smallest absolute Gasteiger partial charge is 0.133 e. The molecule has 0 amide bonds. The topological polar surface area (TPSA) is 43.6 Å². The lowest BCUT2D eigenvalue weighted by Crippen LogP contribution is -1.89. The molecule has 0 radical (unpaired) electrons. The van der Waals surface area contributed by atoms with Crippen molar-refractivity contribution in [1.29, 1.82) is 0 Å². The van der Waals surface area contributed by atoms with Gasteiger partial charge >= 0.3 is 0 Å². The lowest BCUT2D eigenvalue weighted by atomic mass is 10.6.